The summed E-state index contributed by atoms with van der Waals surface area (Å²) in [6, 6.07) is 11.7. The van der Waals surface area contributed by atoms with Crippen LogP contribution in [0.4, 0.5) is 0 Å². The first-order valence-corrected chi connectivity index (χ1v) is 9.95. The molecule has 6 heteroatoms. The number of carbonyl (C=O) groups is 1. The third-order valence-corrected chi connectivity index (χ3v) is 5.32. The molecule has 2 heterocycles. The maximum Gasteiger partial charge on any atom is 0.289 e. The molecule has 0 saturated heterocycles. The van der Waals surface area contributed by atoms with Gasteiger partial charge in [-0.3, -0.25) is 4.79 Å². The molecule has 0 bridgehead atoms. The lowest BCUT2D eigenvalue weighted by molar-refractivity contribution is 0.0599. The quantitative estimate of drug-likeness (QED) is 0.623. The highest BCUT2D eigenvalue weighted by molar-refractivity contribution is 5.91. The molecule has 4 rings (SSSR count). The number of carbonyl (C=O) groups excluding carboxylic acids is 1. The van der Waals surface area contributed by atoms with Crippen molar-refractivity contribution in [2.75, 3.05) is 6.54 Å². The molecule has 1 fully saturated rings. The van der Waals surface area contributed by atoms with E-state index >= 15 is 0 Å². The van der Waals surface area contributed by atoms with Crippen molar-refractivity contribution in [2.45, 2.75) is 51.5 Å². The van der Waals surface area contributed by atoms with Gasteiger partial charge in [0.15, 0.2) is 5.76 Å². The van der Waals surface area contributed by atoms with Gasteiger partial charge >= 0.3 is 0 Å². The van der Waals surface area contributed by atoms with E-state index < -0.39 is 0 Å². The van der Waals surface area contributed by atoms with Crippen molar-refractivity contribution >= 4 is 5.91 Å². The average Bonchev–Trinajstić information content (AvgIpc) is 3.41. The van der Waals surface area contributed by atoms with Gasteiger partial charge in [-0.05, 0) is 38.0 Å². The Balaban J connectivity index is 1.47. The van der Waals surface area contributed by atoms with E-state index in [1.165, 1.54) is 6.42 Å². The maximum absolute atomic E-state index is 13.0. The summed E-state index contributed by atoms with van der Waals surface area (Å²) in [5.41, 5.74) is 2.09. The monoisotopic (exact) mass is 379 g/mol. The van der Waals surface area contributed by atoms with E-state index in [1.54, 1.807) is 18.4 Å². The van der Waals surface area contributed by atoms with Crippen molar-refractivity contribution in [1.82, 2.24) is 15.0 Å². The van der Waals surface area contributed by atoms with Gasteiger partial charge in [0.25, 0.3) is 5.91 Å². The second kappa shape index (κ2) is 8.42. The van der Waals surface area contributed by atoms with Gasteiger partial charge in [-0.25, -0.2) is 0 Å². The lowest BCUT2D eigenvalue weighted by Crippen LogP contribution is -2.42. The Kier molecular flexibility index (Phi) is 5.55. The molecular weight excluding hydrogens is 354 g/mol. The number of benzene rings is 1. The van der Waals surface area contributed by atoms with Crippen LogP contribution in [-0.4, -0.2) is 33.5 Å². The van der Waals surface area contributed by atoms with Gasteiger partial charge in [0.1, 0.15) is 0 Å². The number of furan rings is 1. The van der Waals surface area contributed by atoms with Gasteiger partial charge in [-0.2, -0.15) is 4.98 Å². The summed E-state index contributed by atoms with van der Waals surface area (Å²) in [6.45, 7) is 2.58. The molecule has 146 valence electrons. The fourth-order valence-corrected chi connectivity index (χ4v) is 3.86. The molecule has 1 saturated carbocycles. The number of hydrogen-bond acceptors (Lipinski definition) is 5. The van der Waals surface area contributed by atoms with Crippen molar-refractivity contribution < 1.29 is 13.7 Å². The second-order valence-electron chi connectivity index (χ2n) is 7.40. The summed E-state index contributed by atoms with van der Waals surface area (Å²) in [5.74, 6) is 1.46. The van der Waals surface area contributed by atoms with Crippen LogP contribution in [0.1, 0.15) is 54.1 Å². The molecule has 0 unspecified atom stereocenters. The molecule has 0 spiro atoms. The number of aryl methyl sites for hydroxylation is 1. The highest BCUT2D eigenvalue weighted by Gasteiger charge is 2.28. The van der Waals surface area contributed by atoms with E-state index in [9.17, 15) is 4.79 Å². The van der Waals surface area contributed by atoms with Gasteiger partial charge in [-0.15, -0.1) is 0 Å². The first kappa shape index (κ1) is 18.5. The van der Waals surface area contributed by atoms with E-state index in [4.69, 9.17) is 8.94 Å². The zero-order valence-corrected chi connectivity index (χ0v) is 16.1. The molecule has 3 aromatic rings. The standard InChI is InChI=1S/C22H25N3O3/c1-16-7-5-8-17(15-16)21-23-20(28-24-21)12-13-25(18-9-3-2-4-10-18)22(26)19-11-6-14-27-19/h5-8,11,14-15,18H,2-4,9-10,12-13H2,1H3. The van der Waals surface area contributed by atoms with Gasteiger partial charge in [0.2, 0.25) is 11.7 Å². The Morgan fingerprint density at radius 1 is 1.18 bits per heavy atom. The molecule has 0 aliphatic heterocycles. The van der Waals surface area contributed by atoms with E-state index in [1.807, 2.05) is 36.1 Å². The number of rotatable bonds is 6. The molecular formula is C22H25N3O3. The molecule has 0 atom stereocenters. The highest BCUT2D eigenvalue weighted by Crippen LogP contribution is 2.25. The Morgan fingerprint density at radius 3 is 2.79 bits per heavy atom. The van der Waals surface area contributed by atoms with Crippen LogP contribution in [0.2, 0.25) is 0 Å². The molecule has 0 N–H and O–H groups in total. The fraction of sp³-hybridized carbons (Fsp3) is 0.409. The van der Waals surface area contributed by atoms with Crippen LogP contribution in [-0.2, 0) is 6.42 Å². The van der Waals surface area contributed by atoms with Gasteiger partial charge in [0.05, 0.1) is 6.26 Å². The molecule has 2 aromatic heterocycles. The smallest absolute Gasteiger partial charge is 0.289 e. The van der Waals surface area contributed by atoms with Crippen molar-refractivity contribution in [2.24, 2.45) is 0 Å². The van der Waals surface area contributed by atoms with E-state index in [0.717, 1.165) is 36.8 Å². The molecule has 0 radical (unpaired) electrons. The molecule has 1 aromatic carbocycles. The van der Waals surface area contributed by atoms with Crippen molar-refractivity contribution in [3.8, 4) is 11.4 Å². The second-order valence-corrected chi connectivity index (χ2v) is 7.40. The summed E-state index contributed by atoms with van der Waals surface area (Å²) in [5, 5.41) is 4.10. The summed E-state index contributed by atoms with van der Waals surface area (Å²) in [6.07, 6.45) is 7.69. The minimum Gasteiger partial charge on any atom is -0.459 e. The third-order valence-electron chi connectivity index (χ3n) is 5.32. The Morgan fingerprint density at radius 2 is 2.04 bits per heavy atom. The van der Waals surface area contributed by atoms with Crippen molar-refractivity contribution in [3.63, 3.8) is 0 Å². The molecule has 1 aliphatic carbocycles. The van der Waals surface area contributed by atoms with Crippen LogP contribution < -0.4 is 0 Å². The number of hydrogen-bond donors (Lipinski definition) is 0. The van der Waals surface area contributed by atoms with Gasteiger partial charge in [-0.1, -0.05) is 48.2 Å². The van der Waals surface area contributed by atoms with Gasteiger partial charge < -0.3 is 13.8 Å². The average molecular weight is 379 g/mol. The predicted octanol–water partition coefficient (Wildman–Crippen LogP) is 4.66. The van der Waals surface area contributed by atoms with Crippen LogP contribution in [0, 0.1) is 6.92 Å². The Bertz CT molecular complexity index is 911. The van der Waals surface area contributed by atoms with Crippen molar-refractivity contribution in [1.29, 1.82) is 0 Å². The van der Waals surface area contributed by atoms with E-state index in [0.29, 0.717) is 30.4 Å². The number of nitrogens with zero attached hydrogens (tertiary/aromatic N) is 3. The highest BCUT2D eigenvalue weighted by atomic mass is 16.5. The third kappa shape index (κ3) is 4.16. The topological polar surface area (TPSA) is 72.4 Å². The lowest BCUT2D eigenvalue weighted by Gasteiger charge is -2.33. The van der Waals surface area contributed by atoms with Crippen LogP contribution >= 0.6 is 0 Å². The van der Waals surface area contributed by atoms with Crippen LogP contribution in [0.15, 0.2) is 51.6 Å². The normalized spacial score (nSPS) is 14.9. The Hall–Kier alpha value is -2.89. The van der Waals surface area contributed by atoms with Crippen LogP contribution in [0.5, 0.6) is 0 Å². The maximum atomic E-state index is 13.0. The van der Waals surface area contributed by atoms with E-state index in [-0.39, 0.29) is 11.9 Å². The zero-order chi connectivity index (χ0) is 19.3. The molecule has 1 aliphatic rings. The van der Waals surface area contributed by atoms with Gasteiger partial charge in [0, 0.05) is 24.6 Å². The Labute approximate surface area is 164 Å². The molecule has 28 heavy (non-hydrogen) atoms. The zero-order valence-electron chi connectivity index (χ0n) is 16.1. The molecule has 1 amide bonds. The summed E-state index contributed by atoms with van der Waals surface area (Å²) < 4.78 is 10.8. The molecule has 6 nitrogen and oxygen atoms in total. The summed E-state index contributed by atoms with van der Waals surface area (Å²) in [4.78, 5) is 19.4. The largest absolute Gasteiger partial charge is 0.459 e. The van der Waals surface area contributed by atoms with Crippen LogP contribution in [0.3, 0.4) is 0 Å². The first-order chi connectivity index (χ1) is 13.7. The fourth-order valence-electron chi connectivity index (χ4n) is 3.86. The minimum atomic E-state index is -0.0599. The van der Waals surface area contributed by atoms with E-state index in [2.05, 4.69) is 10.1 Å². The summed E-state index contributed by atoms with van der Waals surface area (Å²) in [7, 11) is 0. The predicted molar refractivity (Wildman–Crippen MR) is 105 cm³/mol. The minimum absolute atomic E-state index is 0.0599. The van der Waals surface area contributed by atoms with Crippen molar-refractivity contribution in [3.05, 3.63) is 59.9 Å². The number of amides is 1. The lowest BCUT2D eigenvalue weighted by atomic mass is 9.94. The summed E-state index contributed by atoms with van der Waals surface area (Å²) >= 11 is 0. The van der Waals surface area contributed by atoms with Crippen LogP contribution in [0.25, 0.3) is 11.4 Å². The first-order valence-electron chi connectivity index (χ1n) is 9.95. The SMILES string of the molecule is Cc1cccc(-c2noc(CCN(C(=O)c3ccco3)C3CCCCC3)n2)c1. The number of aromatic nitrogens is 2.